The summed E-state index contributed by atoms with van der Waals surface area (Å²) < 4.78 is 0. The average Bonchev–Trinajstić information content (AvgIpc) is 2.51. The second kappa shape index (κ2) is 4.38. The van der Waals surface area contributed by atoms with E-state index in [-0.39, 0.29) is 5.41 Å². The number of nitrogens with two attached hydrogens (primary N) is 1. The Labute approximate surface area is 89.0 Å². The molecule has 0 fully saturated rings. The van der Waals surface area contributed by atoms with Crippen molar-refractivity contribution in [2.24, 2.45) is 5.73 Å². The van der Waals surface area contributed by atoms with Gasteiger partial charge in [0.25, 0.3) is 0 Å². The highest BCUT2D eigenvalue weighted by atomic mass is 32.1. The summed E-state index contributed by atoms with van der Waals surface area (Å²) in [4.78, 5) is 4.47. The maximum Gasteiger partial charge on any atom is 0.0954 e. The lowest BCUT2D eigenvalue weighted by Gasteiger charge is -2.14. The van der Waals surface area contributed by atoms with Crippen LogP contribution in [0.3, 0.4) is 0 Å². The Morgan fingerprint density at radius 2 is 2.21 bits per heavy atom. The first-order valence-corrected chi connectivity index (χ1v) is 5.64. The van der Waals surface area contributed by atoms with Crippen LogP contribution in [0, 0.1) is 0 Å². The van der Waals surface area contributed by atoms with E-state index in [2.05, 4.69) is 31.1 Å². The van der Waals surface area contributed by atoms with Gasteiger partial charge in [-0.05, 0) is 0 Å². The second-order valence-electron chi connectivity index (χ2n) is 4.47. The minimum Gasteiger partial charge on any atom is -0.391 e. The van der Waals surface area contributed by atoms with Gasteiger partial charge in [-0.15, -0.1) is 11.3 Å². The quantitative estimate of drug-likeness (QED) is 0.797. The third kappa shape index (κ3) is 3.04. The van der Waals surface area contributed by atoms with E-state index in [1.165, 1.54) is 0 Å². The molecular formula is C10H18N2OS. The summed E-state index contributed by atoms with van der Waals surface area (Å²) >= 11 is 1.59. The lowest BCUT2D eigenvalue weighted by Crippen LogP contribution is -2.22. The molecule has 0 aliphatic rings. The minimum atomic E-state index is -0.464. The normalized spacial score (nSPS) is 14.4. The van der Waals surface area contributed by atoms with Gasteiger partial charge in [0.15, 0.2) is 0 Å². The van der Waals surface area contributed by atoms with Gasteiger partial charge in [0.1, 0.15) is 0 Å². The Kier molecular flexibility index (Phi) is 3.64. The first kappa shape index (κ1) is 11.6. The zero-order chi connectivity index (χ0) is 10.8. The topological polar surface area (TPSA) is 59.1 Å². The molecule has 1 rings (SSSR count). The smallest absolute Gasteiger partial charge is 0.0954 e. The van der Waals surface area contributed by atoms with Crippen LogP contribution in [-0.4, -0.2) is 22.7 Å². The van der Waals surface area contributed by atoms with E-state index in [1.54, 1.807) is 11.3 Å². The number of aromatic nitrogens is 1. The van der Waals surface area contributed by atoms with Crippen LogP contribution in [0.1, 0.15) is 31.5 Å². The first-order valence-electron chi connectivity index (χ1n) is 4.76. The van der Waals surface area contributed by atoms with Gasteiger partial charge in [-0.1, -0.05) is 20.8 Å². The van der Waals surface area contributed by atoms with Gasteiger partial charge in [0.2, 0.25) is 0 Å². The molecular weight excluding hydrogens is 196 g/mol. The summed E-state index contributed by atoms with van der Waals surface area (Å²) in [7, 11) is 0. The van der Waals surface area contributed by atoms with Gasteiger partial charge in [0, 0.05) is 23.8 Å². The van der Waals surface area contributed by atoms with Gasteiger partial charge in [-0.25, -0.2) is 4.98 Å². The lowest BCUT2D eigenvalue weighted by molar-refractivity contribution is 0.183. The second-order valence-corrected chi connectivity index (χ2v) is 5.41. The summed E-state index contributed by atoms with van der Waals surface area (Å²) in [5, 5.41) is 12.4. The van der Waals surface area contributed by atoms with Crippen molar-refractivity contribution in [3.8, 4) is 0 Å². The van der Waals surface area contributed by atoms with E-state index in [1.807, 2.05) is 0 Å². The van der Waals surface area contributed by atoms with Crippen LogP contribution < -0.4 is 5.73 Å². The van der Waals surface area contributed by atoms with E-state index in [9.17, 15) is 5.11 Å². The molecule has 0 aliphatic heterocycles. The molecule has 0 saturated heterocycles. The molecule has 0 aliphatic carbocycles. The van der Waals surface area contributed by atoms with Crippen molar-refractivity contribution in [3.63, 3.8) is 0 Å². The van der Waals surface area contributed by atoms with Crippen molar-refractivity contribution in [1.29, 1.82) is 0 Å². The Hall–Kier alpha value is -0.450. The van der Waals surface area contributed by atoms with Crippen molar-refractivity contribution in [2.45, 2.75) is 38.7 Å². The molecule has 1 aromatic rings. The molecule has 14 heavy (non-hydrogen) atoms. The molecule has 1 heterocycles. The maximum atomic E-state index is 9.37. The summed E-state index contributed by atoms with van der Waals surface area (Å²) in [6, 6.07) is 0. The van der Waals surface area contributed by atoms with Crippen molar-refractivity contribution in [2.75, 3.05) is 6.54 Å². The van der Waals surface area contributed by atoms with Gasteiger partial charge < -0.3 is 10.8 Å². The monoisotopic (exact) mass is 214 g/mol. The predicted octanol–water partition coefficient (Wildman–Crippen LogP) is 1.30. The molecule has 0 radical (unpaired) electrons. The van der Waals surface area contributed by atoms with Gasteiger partial charge in [-0.2, -0.15) is 0 Å². The van der Waals surface area contributed by atoms with Gasteiger partial charge in [0.05, 0.1) is 16.8 Å². The molecule has 80 valence electrons. The van der Waals surface area contributed by atoms with Gasteiger partial charge >= 0.3 is 0 Å². The van der Waals surface area contributed by atoms with Crippen LogP contribution in [0.15, 0.2) is 5.38 Å². The standard InChI is InChI=1S/C10H18N2OS/c1-10(2,3)8-6-14-9(12-8)4-7(13)5-11/h6-7,13H,4-5,11H2,1-3H3. The maximum absolute atomic E-state index is 9.37. The molecule has 0 saturated carbocycles. The predicted molar refractivity (Wildman–Crippen MR) is 59.6 cm³/mol. The van der Waals surface area contributed by atoms with Crippen LogP contribution >= 0.6 is 11.3 Å². The Bertz CT molecular complexity index is 291. The molecule has 4 heteroatoms. The lowest BCUT2D eigenvalue weighted by atomic mass is 9.93. The fraction of sp³-hybridized carbons (Fsp3) is 0.700. The zero-order valence-electron chi connectivity index (χ0n) is 8.95. The van der Waals surface area contributed by atoms with Gasteiger partial charge in [-0.3, -0.25) is 0 Å². The van der Waals surface area contributed by atoms with Crippen molar-refractivity contribution >= 4 is 11.3 Å². The Morgan fingerprint density at radius 1 is 1.57 bits per heavy atom. The number of aliphatic hydroxyl groups is 1. The fourth-order valence-corrected chi connectivity index (χ4v) is 2.13. The molecule has 0 spiro atoms. The van der Waals surface area contributed by atoms with Crippen molar-refractivity contribution in [1.82, 2.24) is 4.98 Å². The molecule has 3 nitrogen and oxygen atoms in total. The highest BCUT2D eigenvalue weighted by Crippen LogP contribution is 2.24. The molecule has 1 atom stereocenters. The minimum absolute atomic E-state index is 0.0857. The zero-order valence-corrected chi connectivity index (χ0v) is 9.77. The highest BCUT2D eigenvalue weighted by molar-refractivity contribution is 7.09. The van der Waals surface area contributed by atoms with Crippen LogP contribution in [0.4, 0.5) is 0 Å². The number of hydrogen-bond acceptors (Lipinski definition) is 4. The molecule has 1 unspecified atom stereocenters. The van der Waals surface area contributed by atoms with Crippen molar-refractivity contribution < 1.29 is 5.11 Å². The number of thiazole rings is 1. The summed E-state index contributed by atoms with van der Waals surface area (Å²) in [5.74, 6) is 0. The Morgan fingerprint density at radius 3 is 2.64 bits per heavy atom. The average molecular weight is 214 g/mol. The van der Waals surface area contributed by atoms with E-state index in [0.29, 0.717) is 13.0 Å². The molecule has 1 aromatic heterocycles. The number of rotatable bonds is 3. The SMILES string of the molecule is CC(C)(C)c1csc(CC(O)CN)n1. The number of hydrogen-bond donors (Lipinski definition) is 2. The van der Waals surface area contributed by atoms with Crippen LogP contribution in [-0.2, 0) is 11.8 Å². The van der Waals surface area contributed by atoms with E-state index >= 15 is 0 Å². The van der Waals surface area contributed by atoms with E-state index < -0.39 is 6.10 Å². The Balaban J connectivity index is 2.69. The van der Waals surface area contributed by atoms with E-state index in [0.717, 1.165) is 10.7 Å². The molecule has 3 N–H and O–H groups in total. The highest BCUT2D eigenvalue weighted by Gasteiger charge is 2.18. The fourth-order valence-electron chi connectivity index (χ4n) is 1.03. The van der Waals surface area contributed by atoms with E-state index in [4.69, 9.17) is 5.73 Å². The molecule has 0 amide bonds. The largest absolute Gasteiger partial charge is 0.391 e. The summed E-state index contributed by atoms with van der Waals surface area (Å²) in [6.07, 6.45) is 0.103. The third-order valence-electron chi connectivity index (χ3n) is 2.00. The first-order chi connectivity index (χ1) is 6.43. The molecule has 0 bridgehead atoms. The molecule has 0 aromatic carbocycles. The van der Waals surface area contributed by atoms with Crippen LogP contribution in [0.25, 0.3) is 0 Å². The third-order valence-corrected chi connectivity index (χ3v) is 2.87. The van der Waals surface area contributed by atoms with Crippen molar-refractivity contribution in [3.05, 3.63) is 16.1 Å². The van der Waals surface area contributed by atoms with Crippen LogP contribution in [0.2, 0.25) is 0 Å². The number of nitrogens with zero attached hydrogens (tertiary/aromatic N) is 1. The van der Waals surface area contributed by atoms with Crippen LogP contribution in [0.5, 0.6) is 0 Å². The summed E-state index contributed by atoms with van der Waals surface area (Å²) in [6.45, 7) is 6.69. The number of aliphatic hydroxyl groups excluding tert-OH is 1. The summed E-state index contributed by atoms with van der Waals surface area (Å²) in [5.41, 5.74) is 6.51.